The number of hydrogen-bond donors (Lipinski definition) is 1. The van der Waals surface area contributed by atoms with Gasteiger partial charge in [-0.05, 0) is 53.6 Å². The molecule has 1 N–H and O–H groups in total. The Hall–Kier alpha value is -4.05. The monoisotopic (exact) mass is 639 g/mol. The molecule has 4 aromatic carbocycles. The molecule has 0 aliphatic rings. The summed E-state index contributed by atoms with van der Waals surface area (Å²) in [6.07, 6.45) is 0.201. The Balaban J connectivity index is 1.80. The number of amides is 2. The number of likely N-dealkylation sites (N-methyl/N-ethyl adjacent to an activating group) is 1. The highest BCUT2D eigenvalue weighted by Gasteiger charge is 2.34. The Morgan fingerprint density at radius 1 is 0.860 bits per heavy atom. The lowest BCUT2D eigenvalue weighted by Crippen LogP contribution is -2.53. The van der Waals surface area contributed by atoms with Gasteiger partial charge in [0.2, 0.25) is 11.8 Å². The summed E-state index contributed by atoms with van der Waals surface area (Å²) in [5.74, 6) is -0.654. The molecule has 11 heteroatoms. The third kappa shape index (κ3) is 7.87. The van der Waals surface area contributed by atoms with Gasteiger partial charge >= 0.3 is 0 Å². The summed E-state index contributed by atoms with van der Waals surface area (Å²) in [5.41, 5.74) is 1.66. The van der Waals surface area contributed by atoms with Crippen LogP contribution in [-0.2, 0) is 32.6 Å². The summed E-state index contributed by atoms with van der Waals surface area (Å²) >= 11 is 12.6. The second-order valence-electron chi connectivity index (χ2n) is 9.61. The highest BCUT2D eigenvalue weighted by Crippen LogP contribution is 2.32. The first-order valence-electron chi connectivity index (χ1n) is 13.3. The Morgan fingerprint density at radius 2 is 1.51 bits per heavy atom. The average molecular weight is 641 g/mol. The van der Waals surface area contributed by atoms with Crippen molar-refractivity contribution in [2.45, 2.75) is 23.9 Å². The molecular formula is C32H31Cl2N3O5S. The molecule has 224 valence electrons. The molecule has 0 aliphatic heterocycles. The number of hydrogen-bond acceptors (Lipinski definition) is 5. The molecule has 0 saturated carbocycles. The van der Waals surface area contributed by atoms with Gasteiger partial charge in [-0.2, -0.15) is 0 Å². The molecule has 43 heavy (non-hydrogen) atoms. The van der Waals surface area contributed by atoms with Crippen LogP contribution < -0.4 is 14.4 Å². The quantitative estimate of drug-likeness (QED) is 0.218. The van der Waals surface area contributed by atoms with Crippen molar-refractivity contribution in [1.82, 2.24) is 10.2 Å². The molecule has 0 bridgehead atoms. The summed E-state index contributed by atoms with van der Waals surface area (Å²) in [5, 5.41) is 3.29. The van der Waals surface area contributed by atoms with Gasteiger partial charge in [-0.15, -0.1) is 0 Å². The van der Waals surface area contributed by atoms with Crippen LogP contribution >= 0.6 is 23.2 Å². The topological polar surface area (TPSA) is 96.0 Å². The first-order valence-corrected chi connectivity index (χ1v) is 15.5. The van der Waals surface area contributed by atoms with Crippen molar-refractivity contribution < 1.29 is 22.7 Å². The van der Waals surface area contributed by atoms with E-state index in [1.165, 1.54) is 49.4 Å². The van der Waals surface area contributed by atoms with E-state index in [0.717, 1.165) is 9.87 Å². The lowest BCUT2D eigenvalue weighted by molar-refractivity contribution is -0.139. The fourth-order valence-electron chi connectivity index (χ4n) is 4.61. The predicted molar refractivity (Wildman–Crippen MR) is 169 cm³/mol. The van der Waals surface area contributed by atoms with Crippen LogP contribution in [0, 0.1) is 0 Å². The Bertz CT molecular complexity index is 1670. The maximum Gasteiger partial charge on any atom is 0.264 e. The van der Waals surface area contributed by atoms with Gasteiger partial charge in [0.05, 0.1) is 22.7 Å². The number of carbonyl (C=O) groups excluding carboxylic acids is 2. The van der Waals surface area contributed by atoms with Gasteiger partial charge in [0.1, 0.15) is 18.3 Å². The molecule has 0 radical (unpaired) electrons. The molecule has 8 nitrogen and oxygen atoms in total. The third-order valence-electron chi connectivity index (χ3n) is 6.79. The molecule has 0 heterocycles. The standard InChI is InChI=1S/C32H31Cl2N3O5S/c1-35-32(39)29(19-23-10-5-3-6-11-23)36(21-24-12-9-13-25(33)18-24)31(38)22-37(26-16-17-30(42-2)28(34)20-26)43(40,41)27-14-7-4-8-15-27/h3-18,20,29H,19,21-22H2,1-2H3,(H,35,39)/t29-/m0/s1. The molecule has 4 aromatic rings. The average Bonchev–Trinajstić information content (AvgIpc) is 3.02. The zero-order valence-corrected chi connectivity index (χ0v) is 25.9. The number of rotatable bonds is 12. The summed E-state index contributed by atoms with van der Waals surface area (Å²) in [6.45, 7) is -0.602. The van der Waals surface area contributed by atoms with Crippen LogP contribution in [-0.4, -0.2) is 51.9 Å². The van der Waals surface area contributed by atoms with Crippen LogP contribution in [0.1, 0.15) is 11.1 Å². The van der Waals surface area contributed by atoms with Gasteiger partial charge in [-0.25, -0.2) is 8.42 Å². The van der Waals surface area contributed by atoms with Gasteiger partial charge in [0.25, 0.3) is 10.0 Å². The van der Waals surface area contributed by atoms with Crippen molar-refractivity contribution in [3.05, 3.63) is 124 Å². The number of carbonyl (C=O) groups is 2. The molecule has 0 fully saturated rings. The van der Waals surface area contributed by atoms with Gasteiger partial charge in [0.15, 0.2) is 0 Å². The number of anilines is 1. The molecule has 0 aliphatic carbocycles. The van der Waals surface area contributed by atoms with Crippen molar-refractivity contribution in [2.24, 2.45) is 0 Å². The van der Waals surface area contributed by atoms with E-state index in [9.17, 15) is 18.0 Å². The molecular weight excluding hydrogens is 609 g/mol. The van der Waals surface area contributed by atoms with Crippen LogP contribution in [0.4, 0.5) is 5.69 Å². The number of nitrogens with one attached hydrogen (secondary N) is 1. The highest BCUT2D eigenvalue weighted by atomic mass is 35.5. The lowest BCUT2D eigenvalue weighted by atomic mass is 10.0. The molecule has 0 spiro atoms. The van der Waals surface area contributed by atoms with E-state index in [-0.39, 0.29) is 28.6 Å². The van der Waals surface area contributed by atoms with Crippen molar-refractivity contribution in [3.63, 3.8) is 0 Å². The zero-order valence-electron chi connectivity index (χ0n) is 23.6. The number of nitrogens with zero attached hydrogens (tertiary/aromatic N) is 2. The van der Waals surface area contributed by atoms with Gasteiger partial charge in [0, 0.05) is 25.0 Å². The van der Waals surface area contributed by atoms with Gasteiger partial charge in [-0.1, -0.05) is 83.9 Å². The van der Waals surface area contributed by atoms with Crippen molar-refractivity contribution in [2.75, 3.05) is 25.0 Å². The normalized spacial score (nSPS) is 11.8. The number of sulfonamides is 1. The number of methoxy groups -OCH3 is 1. The minimum Gasteiger partial charge on any atom is -0.495 e. The third-order valence-corrected chi connectivity index (χ3v) is 9.11. The summed E-state index contributed by atoms with van der Waals surface area (Å²) < 4.78 is 34.2. The maximum absolute atomic E-state index is 14.3. The molecule has 0 aromatic heterocycles. The van der Waals surface area contributed by atoms with E-state index < -0.39 is 34.4 Å². The number of ether oxygens (including phenoxy) is 1. The smallest absolute Gasteiger partial charge is 0.264 e. The van der Waals surface area contributed by atoms with E-state index in [0.29, 0.717) is 16.3 Å². The number of benzene rings is 4. The number of halogens is 2. The van der Waals surface area contributed by atoms with Crippen LogP contribution in [0.2, 0.25) is 10.0 Å². The van der Waals surface area contributed by atoms with Crippen LogP contribution in [0.15, 0.2) is 108 Å². The fourth-order valence-corrected chi connectivity index (χ4v) is 6.50. The first kappa shape index (κ1) is 31.9. The first-order chi connectivity index (χ1) is 20.6. The molecule has 0 saturated heterocycles. The summed E-state index contributed by atoms with van der Waals surface area (Å²) in [7, 11) is -1.30. The van der Waals surface area contributed by atoms with Crippen molar-refractivity contribution in [3.8, 4) is 5.75 Å². The Kier molecular flexibility index (Phi) is 10.7. The van der Waals surface area contributed by atoms with E-state index in [2.05, 4.69) is 5.32 Å². The van der Waals surface area contributed by atoms with E-state index in [4.69, 9.17) is 27.9 Å². The van der Waals surface area contributed by atoms with E-state index >= 15 is 0 Å². The Labute approximate surface area is 261 Å². The predicted octanol–water partition coefficient (Wildman–Crippen LogP) is 5.58. The van der Waals surface area contributed by atoms with Crippen LogP contribution in [0.3, 0.4) is 0 Å². The van der Waals surface area contributed by atoms with Gasteiger partial charge in [-0.3, -0.25) is 13.9 Å². The molecule has 0 unspecified atom stereocenters. The lowest BCUT2D eigenvalue weighted by Gasteiger charge is -2.33. The maximum atomic E-state index is 14.3. The summed E-state index contributed by atoms with van der Waals surface area (Å²) in [4.78, 5) is 29.0. The zero-order chi connectivity index (χ0) is 31.0. The van der Waals surface area contributed by atoms with Crippen LogP contribution in [0.25, 0.3) is 0 Å². The molecule has 2 amide bonds. The van der Waals surface area contributed by atoms with E-state index in [1.807, 2.05) is 30.3 Å². The van der Waals surface area contributed by atoms with Crippen molar-refractivity contribution in [1.29, 1.82) is 0 Å². The van der Waals surface area contributed by atoms with Crippen LogP contribution in [0.5, 0.6) is 5.75 Å². The van der Waals surface area contributed by atoms with E-state index in [1.54, 1.807) is 42.5 Å². The van der Waals surface area contributed by atoms with Gasteiger partial charge < -0.3 is 15.0 Å². The second kappa shape index (κ2) is 14.4. The fraction of sp³-hybridized carbons (Fsp3) is 0.188. The molecule has 4 rings (SSSR count). The Morgan fingerprint density at radius 3 is 2.12 bits per heavy atom. The largest absolute Gasteiger partial charge is 0.495 e. The summed E-state index contributed by atoms with van der Waals surface area (Å²) in [6, 6.07) is 27.5. The SMILES string of the molecule is CNC(=O)[C@H](Cc1ccccc1)N(Cc1cccc(Cl)c1)C(=O)CN(c1ccc(OC)c(Cl)c1)S(=O)(=O)c1ccccc1. The van der Waals surface area contributed by atoms with Crippen molar-refractivity contribution >= 4 is 50.7 Å². The second-order valence-corrected chi connectivity index (χ2v) is 12.3. The minimum absolute atomic E-state index is 0.00685. The molecule has 1 atom stereocenters. The minimum atomic E-state index is -4.24. The highest BCUT2D eigenvalue weighted by molar-refractivity contribution is 7.92.